The van der Waals surface area contributed by atoms with Crippen molar-refractivity contribution < 1.29 is 19.1 Å². The standard InChI is InChI=1S/C16H13ClFN3O3/c1-2-7-21(16(23)24)13-8-10(3-4-12(13)18)14(22)9-11-5-6-19-15(17)20-11/h2-6,8H,1,7,9H2,(H,23,24). The zero-order valence-electron chi connectivity index (χ0n) is 12.4. The zero-order valence-corrected chi connectivity index (χ0v) is 13.2. The largest absolute Gasteiger partial charge is 0.465 e. The second-order valence-corrected chi connectivity index (χ2v) is 5.10. The number of ketones is 1. The summed E-state index contributed by atoms with van der Waals surface area (Å²) in [6.45, 7) is 3.33. The Morgan fingerprint density at radius 3 is 2.75 bits per heavy atom. The van der Waals surface area contributed by atoms with Gasteiger partial charge >= 0.3 is 6.09 Å². The Bertz CT molecular complexity index is 798. The molecule has 2 aromatic rings. The van der Waals surface area contributed by atoms with Crippen LogP contribution in [0.15, 0.2) is 43.1 Å². The van der Waals surface area contributed by atoms with Crippen LogP contribution < -0.4 is 4.90 Å². The van der Waals surface area contributed by atoms with Gasteiger partial charge in [0.2, 0.25) is 5.28 Å². The lowest BCUT2D eigenvalue weighted by Gasteiger charge is -2.18. The van der Waals surface area contributed by atoms with Gasteiger partial charge in [0.25, 0.3) is 0 Å². The lowest BCUT2D eigenvalue weighted by Crippen LogP contribution is -2.30. The Hall–Kier alpha value is -2.80. The van der Waals surface area contributed by atoms with Gasteiger partial charge in [-0.05, 0) is 35.9 Å². The molecule has 0 radical (unpaired) electrons. The summed E-state index contributed by atoms with van der Waals surface area (Å²) in [6.07, 6.45) is 1.33. The van der Waals surface area contributed by atoms with Gasteiger partial charge in [0.15, 0.2) is 5.78 Å². The molecule has 0 aliphatic heterocycles. The normalized spacial score (nSPS) is 10.2. The minimum atomic E-state index is -1.35. The van der Waals surface area contributed by atoms with E-state index in [2.05, 4.69) is 16.5 Å². The third-order valence-electron chi connectivity index (χ3n) is 3.13. The number of carbonyl (C=O) groups excluding carboxylic acids is 1. The summed E-state index contributed by atoms with van der Waals surface area (Å²) in [7, 11) is 0. The van der Waals surface area contributed by atoms with Crippen molar-refractivity contribution in [2.75, 3.05) is 11.4 Å². The number of anilines is 1. The van der Waals surface area contributed by atoms with Crippen molar-refractivity contribution in [1.82, 2.24) is 9.97 Å². The fourth-order valence-corrected chi connectivity index (χ4v) is 2.20. The van der Waals surface area contributed by atoms with Crippen molar-refractivity contribution in [1.29, 1.82) is 0 Å². The fourth-order valence-electron chi connectivity index (χ4n) is 2.04. The van der Waals surface area contributed by atoms with Crippen LogP contribution in [-0.4, -0.2) is 33.5 Å². The summed E-state index contributed by atoms with van der Waals surface area (Å²) in [4.78, 5) is 32.0. The van der Waals surface area contributed by atoms with Crippen molar-refractivity contribution in [3.8, 4) is 0 Å². The van der Waals surface area contributed by atoms with E-state index in [0.717, 1.165) is 11.0 Å². The predicted octanol–water partition coefficient (Wildman–Crippen LogP) is 3.36. The highest BCUT2D eigenvalue weighted by Crippen LogP contribution is 2.22. The molecule has 8 heteroatoms. The summed E-state index contributed by atoms with van der Waals surface area (Å²) in [5, 5.41) is 9.19. The van der Waals surface area contributed by atoms with Crippen LogP contribution in [0, 0.1) is 5.82 Å². The Morgan fingerprint density at radius 2 is 2.12 bits per heavy atom. The number of benzene rings is 1. The first kappa shape index (κ1) is 17.6. The smallest absolute Gasteiger partial charge is 0.412 e. The summed E-state index contributed by atoms with van der Waals surface area (Å²) in [5.74, 6) is -1.10. The topological polar surface area (TPSA) is 83.4 Å². The Kier molecular flexibility index (Phi) is 5.59. The number of amides is 1. The number of hydrogen-bond acceptors (Lipinski definition) is 4. The van der Waals surface area contributed by atoms with E-state index < -0.39 is 11.9 Å². The summed E-state index contributed by atoms with van der Waals surface area (Å²) in [6, 6.07) is 5.07. The molecule has 124 valence electrons. The van der Waals surface area contributed by atoms with Crippen molar-refractivity contribution in [3.05, 3.63) is 65.5 Å². The van der Waals surface area contributed by atoms with E-state index in [0.29, 0.717) is 5.69 Å². The van der Waals surface area contributed by atoms with E-state index in [1.54, 1.807) is 0 Å². The van der Waals surface area contributed by atoms with Crippen LogP contribution in [0.1, 0.15) is 16.1 Å². The molecule has 0 spiro atoms. The highest BCUT2D eigenvalue weighted by atomic mass is 35.5. The Morgan fingerprint density at radius 1 is 1.38 bits per heavy atom. The first-order valence-corrected chi connectivity index (χ1v) is 7.21. The minimum Gasteiger partial charge on any atom is -0.465 e. The van der Waals surface area contributed by atoms with Crippen LogP contribution in [0.3, 0.4) is 0 Å². The van der Waals surface area contributed by atoms with Gasteiger partial charge in [-0.3, -0.25) is 9.69 Å². The highest BCUT2D eigenvalue weighted by Gasteiger charge is 2.19. The summed E-state index contributed by atoms with van der Waals surface area (Å²) in [5.41, 5.74) is 0.359. The predicted molar refractivity (Wildman–Crippen MR) is 87.0 cm³/mol. The molecule has 1 N–H and O–H groups in total. The van der Waals surface area contributed by atoms with Crippen LogP contribution >= 0.6 is 11.6 Å². The monoisotopic (exact) mass is 349 g/mol. The molecule has 0 atom stereocenters. The molecule has 6 nitrogen and oxygen atoms in total. The van der Waals surface area contributed by atoms with Gasteiger partial charge in [0.05, 0.1) is 17.8 Å². The second-order valence-electron chi connectivity index (χ2n) is 4.77. The number of nitrogens with zero attached hydrogens (tertiary/aromatic N) is 3. The van der Waals surface area contributed by atoms with Crippen molar-refractivity contribution in [2.24, 2.45) is 0 Å². The molecule has 0 bridgehead atoms. The highest BCUT2D eigenvalue weighted by molar-refractivity contribution is 6.28. The maximum absolute atomic E-state index is 14.0. The summed E-state index contributed by atoms with van der Waals surface area (Å²) < 4.78 is 14.0. The van der Waals surface area contributed by atoms with E-state index in [4.69, 9.17) is 11.6 Å². The van der Waals surface area contributed by atoms with Gasteiger partial charge in [0.1, 0.15) is 5.82 Å². The van der Waals surface area contributed by atoms with Crippen LogP contribution in [-0.2, 0) is 6.42 Å². The number of carboxylic acid groups (broad SMARTS) is 1. The average Bonchev–Trinajstić information content (AvgIpc) is 2.53. The van der Waals surface area contributed by atoms with Gasteiger partial charge in [-0.25, -0.2) is 19.2 Å². The number of halogens is 2. The first-order chi connectivity index (χ1) is 11.4. The lowest BCUT2D eigenvalue weighted by atomic mass is 10.1. The third-order valence-corrected chi connectivity index (χ3v) is 3.31. The SMILES string of the molecule is C=CCN(C(=O)O)c1cc(C(=O)Cc2ccnc(Cl)n2)ccc1F. The Balaban J connectivity index is 2.31. The zero-order chi connectivity index (χ0) is 17.7. The molecule has 0 aliphatic carbocycles. The van der Waals surface area contributed by atoms with Crippen molar-refractivity contribution >= 4 is 29.2 Å². The fraction of sp³-hybridized carbons (Fsp3) is 0.125. The van der Waals surface area contributed by atoms with Gasteiger partial charge in [-0.15, -0.1) is 6.58 Å². The number of carbonyl (C=O) groups is 2. The third kappa shape index (κ3) is 4.14. The van der Waals surface area contributed by atoms with Crippen LogP contribution in [0.2, 0.25) is 5.28 Å². The molecule has 0 fully saturated rings. The number of Topliss-reactive ketones (excluding diaryl/α,β-unsaturated/α-hetero) is 1. The van der Waals surface area contributed by atoms with E-state index in [1.807, 2.05) is 0 Å². The molecule has 0 aliphatic rings. The van der Waals surface area contributed by atoms with E-state index in [-0.39, 0.29) is 35.3 Å². The van der Waals surface area contributed by atoms with Gasteiger partial charge < -0.3 is 5.11 Å². The lowest BCUT2D eigenvalue weighted by molar-refractivity contribution is 0.0991. The number of hydrogen-bond donors (Lipinski definition) is 1. The first-order valence-electron chi connectivity index (χ1n) is 6.84. The van der Waals surface area contributed by atoms with E-state index in [9.17, 15) is 19.1 Å². The molecule has 2 rings (SSSR count). The van der Waals surface area contributed by atoms with Crippen molar-refractivity contribution in [2.45, 2.75) is 6.42 Å². The molecule has 0 unspecified atom stereocenters. The second kappa shape index (κ2) is 7.65. The van der Waals surface area contributed by atoms with Gasteiger partial charge in [-0.2, -0.15) is 0 Å². The van der Waals surface area contributed by atoms with Crippen LogP contribution in [0.5, 0.6) is 0 Å². The molecule has 1 aromatic heterocycles. The quantitative estimate of drug-likeness (QED) is 0.491. The van der Waals surface area contributed by atoms with Crippen LogP contribution in [0.25, 0.3) is 0 Å². The maximum atomic E-state index is 14.0. The number of rotatable bonds is 6. The molecule has 1 amide bonds. The molecule has 0 saturated carbocycles. The summed E-state index contributed by atoms with van der Waals surface area (Å²) >= 11 is 5.67. The number of aromatic nitrogens is 2. The molecule has 1 heterocycles. The Labute approximate surface area is 142 Å². The molecule has 24 heavy (non-hydrogen) atoms. The molecule has 0 saturated heterocycles. The van der Waals surface area contributed by atoms with E-state index in [1.165, 1.54) is 30.5 Å². The van der Waals surface area contributed by atoms with E-state index >= 15 is 0 Å². The van der Waals surface area contributed by atoms with Crippen molar-refractivity contribution in [3.63, 3.8) is 0 Å². The maximum Gasteiger partial charge on any atom is 0.412 e. The van der Waals surface area contributed by atoms with Gasteiger partial charge in [-0.1, -0.05) is 6.08 Å². The van der Waals surface area contributed by atoms with Gasteiger partial charge in [0, 0.05) is 18.3 Å². The molecular formula is C16H13ClFN3O3. The molecular weight excluding hydrogens is 337 g/mol. The molecule has 1 aromatic carbocycles. The average molecular weight is 350 g/mol. The van der Waals surface area contributed by atoms with Crippen LogP contribution in [0.4, 0.5) is 14.9 Å². The minimum absolute atomic E-state index is 0.0168.